The van der Waals surface area contributed by atoms with E-state index in [0.717, 1.165) is 12.1 Å². The molecule has 18 heavy (non-hydrogen) atoms. The molecule has 0 radical (unpaired) electrons. The minimum absolute atomic E-state index is 0.332. The summed E-state index contributed by atoms with van der Waals surface area (Å²) >= 11 is 0. The van der Waals surface area contributed by atoms with E-state index in [1.165, 1.54) is 4.31 Å². The second kappa shape index (κ2) is 6.36. The lowest BCUT2D eigenvalue weighted by Crippen LogP contribution is -2.30. The van der Waals surface area contributed by atoms with Crippen LogP contribution in [0.2, 0.25) is 0 Å². The highest BCUT2D eigenvalue weighted by Crippen LogP contribution is 2.17. The highest BCUT2D eigenvalue weighted by atomic mass is 32.2. The van der Waals surface area contributed by atoms with Crippen molar-refractivity contribution in [3.05, 3.63) is 18.0 Å². The highest BCUT2D eigenvalue weighted by molar-refractivity contribution is 7.89. The van der Waals surface area contributed by atoms with Gasteiger partial charge in [-0.2, -0.15) is 0 Å². The highest BCUT2D eigenvalue weighted by Gasteiger charge is 2.23. The van der Waals surface area contributed by atoms with Crippen molar-refractivity contribution in [2.24, 2.45) is 5.92 Å². The number of sulfonamides is 1. The van der Waals surface area contributed by atoms with Gasteiger partial charge < -0.3 is 10.3 Å². The van der Waals surface area contributed by atoms with Gasteiger partial charge in [0.15, 0.2) is 0 Å². The molecular weight excluding hydrogens is 250 g/mol. The molecule has 1 unspecified atom stereocenters. The van der Waals surface area contributed by atoms with E-state index in [9.17, 15) is 8.42 Å². The average Bonchev–Trinajstić information content (AvgIpc) is 2.78. The van der Waals surface area contributed by atoms with Crippen LogP contribution in [0.1, 0.15) is 26.0 Å². The molecule has 1 atom stereocenters. The summed E-state index contributed by atoms with van der Waals surface area (Å²) < 4.78 is 26.0. The van der Waals surface area contributed by atoms with E-state index in [2.05, 4.69) is 24.1 Å². The fourth-order valence-electron chi connectivity index (χ4n) is 1.71. The molecule has 5 nitrogen and oxygen atoms in total. The maximum absolute atomic E-state index is 12.3. The van der Waals surface area contributed by atoms with Gasteiger partial charge in [0, 0.05) is 32.0 Å². The maximum atomic E-state index is 12.3. The number of hydrogen-bond donors (Lipinski definition) is 2. The van der Waals surface area contributed by atoms with Crippen LogP contribution in [-0.4, -0.2) is 38.3 Å². The van der Waals surface area contributed by atoms with Crippen molar-refractivity contribution in [3.63, 3.8) is 0 Å². The second-order valence-electron chi connectivity index (χ2n) is 4.69. The van der Waals surface area contributed by atoms with Gasteiger partial charge in [-0.15, -0.1) is 0 Å². The molecule has 0 aliphatic rings. The minimum Gasteiger partial charge on any atom is -0.363 e. The molecule has 1 aromatic rings. The number of nitrogens with zero attached hydrogens (tertiary/aromatic N) is 1. The Bertz CT molecular complexity index is 467. The Morgan fingerprint density at radius 2 is 2.17 bits per heavy atom. The topological polar surface area (TPSA) is 65.2 Å². The summed E-state index contributed by atoms with van der Waals surface area (Å²) in [6.45, 7) is 5.29. The lowest BCUT2D eigenvalue weighted by atomic mass is 10.1. The molecule has 0 bridgehead atoms. The number of H-pyrrole nitrogens is 1. The Balaban J connectivity index is 2.84. The van der Waals surface area contributed by atoms with Crippen molar-refractivity contribution in [3.8, 4) is 0 Å². The van der Waals surface area contributed by atoms with Gasteiger partial charge in [-0.05, 0) is 19.0 Å². The van der Waals surface area contributed by atoms with Crippen LogP contribution in [0.5, 0.6) is 0 Å². The number of rotatable bonds is 7. The zero-order chi connectivity index (χ0) is 13.8. The van der Waals surface area contributed by atoms with Crippen LogP contribution >= 0.6 is 0 Å². The summed E-state index contributed by atoms with van der Waals surface area (Å²) in [6.07, 6.45) is 2.52. The van der Waals surface area contributed by atoms with E-state index >= 15 is 0 Å². The SMILES string of the molecule is CCC(C)CN(C)S(=O)(=O)c1c[nH]c(CNC)c1. The van der Waals surface area contributed by atoms with E-state index in [1.54, 1.807) is 19.3 Å². The fraction of sp³-hybridized carbons (Fsp3) is 0.667. The van der Waals surface area contributed by atoms with Crippen molar-refractivity contribution in [1.29, 1.82) is 0 Å². The van der Waals surface area contributed by atoms with Gasteiger partial charge in [-0.25, -0.2) is 12.7 Å². The zero-order valence-electron chi connectivity index (χ0n) is 11.5. The number of hydrogen-bond acceptors (Lipinski definition) is 3. The minimum atomic E-state index is -3.37. The van der Waals surface area contributed by atoms with Crippen molar-refractivity contribution in [1.82, 2.24) is 14.6 Å². The van der Waals surface area contributed by atoms with Crippen molar-refractivity contribution >= 4 is 10.0 Å². The first-order valence-corrected chi connectivity index (χ1v) is 7.64. The summed E-state index contributed by atoms with van der Waals surface area (Å²) in [7, 11) is 0.0873. The number of aromatic nitrogens is 1. The monoisotopic (exact) mass is 273 g/mol. The molecule has 0 aromatic carbocycles. The molecule has 0 saturated carbocycles. The second-order valence-corrected chi connectivity index (χ2v) is 6.73. The summed E-state index contributed by atoms with van der Waals surface area (Å²) in [5.41, 5.74) is 0.869. The predicted octanol–water partition coefficient (Wildman–Crippen LogP) is 1.40. The first-order chi connectivity index (χ1) is 8.41. The summed E-state index contributed by atoms with van der Waals surface area (Å²) in [4.78, 5) is 3.30. The number of aromatic amines is 1. The Kier molecular flexibility index (Phi) is 5.37. The predicted molar refractivity (Wildman–Crippen MR) is 72.8 cm³/mol. The molecule has 0 fully saturated rings. The van der Waals surface area contributed by atoms with Crippen LogP contribution in [0.25, 0.3) is 0 Å². The third kappa shape index (κ3) is 3.57. The molecule has 104 valence electrons. The lowest BCUT2D eigenvalue weighted by Gasteiger charge is -2.19. The molecule has 0 saturated heterocycles. The summed E-state index contributed by atoms with van der Waals surface area (Å²) in [6, 6.07) is 1.68. The summed E-state index contributed by atoms with van der Waals surface area (Å²) in [5, 5.41) is 2.98. The van der Waals surface area contributed by atoms with Crippen LogP contribution in [-0.2, 0) is 16.6 Å². The third-order valence-electron chi connectivity index (χ3n) is 3.06. The molecule has 0 aliphatic carbocycles. The Labute approximate surface area is 110 Å². The molecule has 1 heterocycles. The van der Waals surface area contributed by atoms with E-state index < -0.39 is 10.0 Å². The van der Waals surface area contributed by atoms with Gasteiger partial charge in [0.2, 0.25) is 10.0 Å². The van der Waals surface area contributed by atoms with E-state index in [0.29, 0.717) is 23.9 Å². The van der Waals surface area contributed by atoms with Crippen LogP contribution in [0.15, 0.2) is 17.2 Å². The maximum Gasteiger partial charge on any atom is 0.244 e. The van der Waals surface area contributed by atoms with Crippen molar-refractivity contribution < 1.29 is 8.42 Å². The van der Waals surface area contributed by atoms with Crippen LogP contribution in [0.3, 0.4) is 0 Å². The van der Waals surface area contributed by atoms with Gasteiger partial charge in [0.1, 0.15) is 0 Å². The standard InChI is InChI=1S/C12H23N3O2S/c1-5-10(2)9-15(4)18(16,17)12-6-11(7-13-3)14-8-12/h6,8,10,13-14H,5,7,9H2,1-4H3. The smallest absolute Gasteiger partial charge is 0.244 e. The largest absolute Gasteiger partial charge is 0.363 e. The normalized spacial score (nSPS) is 14.1. The van der Waals surface area contributed by atoms with Gasteiger partial charge >= 0.3 is 0 Å². The molecular formula is C12H23N3O2S. The van der Waals surface area contributed by atoms with Gasteiger partial charge in [0.05, 0.1) is 4.90 Å². The van der Waals surface area contributed by atoms with Crippen molar-refractivity contribution in [2.75, 3.05) is 20.6 Å². The quantitative estimate of drug-likeness (QED) is 0.789. The van der Waals surface area contributed by atoms with E-state index in [1.807, 2.05) is 7.05 Å². The van der Waals surface area contributed by atoms with Gasteiger partial charge in [-0.1, -0.05) is 20.3 Å². The molecule has 1 aromatic heterocycles. The van der Waals surface area contributed by atoms with Gasteiger partial charge in [0.25, 0.3) is 0 Å². The van der Waals surface area contributed by atoms with Crippen LogP contribution in [0, 0.1) is 5.92 Å². The first kappa shape index (κ1) is 15.2. The van der Waals surface area contributed by atoms with Crippen molar-refractivity contribution in [2.45, 2.75) is 31.7 Å². The Hall–Kier alpha value is -0.850. The molecule has 0 aliphatic heterocycles. The third-order valence-corrected chi connectivity index (χ3v) is 4.86. The molecule has 1 rings (SSSR count). The Morgan fingerprint density at radius 1 is 1.50 bits per heavy atom. The van der Waals surface area contributed by atoms with Crippen LogP contribution in [0.4, 0.5) is 0 Å². The molecule has 0 amide bonds. The number of nitrogens with one attached hydrogen (secondary N) is 2. The van der Waals surface area contributed by atoms with E-state index in [-0.39, 0.29) is 0 Å². The van der Waals surface area contributed by atoms with Gasteiger partial charge in [-0.3, -0.25) is 0 Å². The fourth-order valence-corrected chi connectivity index (χ4v) is 3.02. The average molecular weight is 273 g/mol. The first-order valence-electron chi connectivity index (χ1n) is 6.20. The molecule has 0 spiro atoms. The molecule has 6 heteroatoms. The zero-order valence-corrected chi connectivity index (χ0v) is 12.3. The van der Waals surface area contributed by atoms with E-state index in [4.69, 9.17) is 0 Å². The Morgan fingerprint density at radius 3 is 2.72 bits per heavy atom. The molecule has 2 N–H and O–H groups in total. The summed E-state index contributed by atoms with van der Waals surface area (Å²) in [5.74, 6) is 0.362. The lowest BCUT2D eigenvalue weighted by molar-refractivity contribution is 0.393. The van der Waals surface area contributed by atoms with Crippen LogP contribution < -0.4 is 5.32 Å².